The molecule has 0 saturated carbocycles. The fraction of sp³-hybridized carbons (Fsp3) is 0.375. The molecular weight excluding hydrogens is 306 g/mol. The molecule has 6 heteroatoms. The van der Waals surface area contributed by atoms with Gasteiger partial charge in [0.25, 0.3) is 0 Å². The zero-order valence-corrected chi connectivity index (χ0v) is 12.8. The molecule has 22 heavy (non-hydrogen) atoms. The van der Waals surface area contributed by atoms with Crippen LogP contribution < -0.4 is 5.32 Å². The lowest BCUT2D eigenvalue weighted by molar-refractivity contribution is -0.134. The lowest BCUT2D eigenvalue weighted by Gasteiger charge is -2.37. The lowest BCUT2D eigenvalue weighted by Crippen LogP contribution is -2.59. The Balaban J connectivity index is 1.66. The first-order valence-corrected chi connectivity index (χ1v) is 7.52. The third-order valence-electron chi connectivity index (χ3n) is 3.50. The maximum Gasteiger partial charge on any atom is 0.508 e. The highest BCUT2D eigenvalue weighted by atomic mass is 35.5. The third-order valence-corrected chi connectivity index (χ3v) is 3.84. The van der Waals surface area contributed by atoms with Crippen LogP contribution in [0, 0.1) is 5.92 Å². The molecule has 0 bridgehead atoms. The Bertz CT molecular complexity index is 546. The zero-order chi connectivity index (χ0) is 15.9. The number of hydrogen-bond donors (Lipinski definition) is 1. The SMILES string of the molecule is C=C(CCl)[C@H]1NC(=O)[C@H]1CCOC(=O)OCc1ccccc1. The van der Waals surface area contributed by atoms with Crippen LogP contribution in [-0.2, 0) is 20.9 Å². The van der Waals surface area contributed by atoms with E-state index < -0.39 is 6.16 Å². The van der Waals surface area contributed by atoms with E-state index in [1.807, 2.05) is 30.3 Å². The summed E-state index contributed by atoms with van der Waals surface area (Å²) >= 11 is 5.70. The van der Waals surface area contributed by atoms with Gasteiger partial charge < -0.3 is 14.8 Å². The number of amides is 1. The molecule has 1 aromatic rings. The number of carbonyl (C=O) groups is 2. The molecule has 1 aromatic carbocycles. The Kier molecular flexibility index (Phi) is 5.83. The van der Waals surface area contributed by atoms with E-state index in [1.165, 1.54) is 0 Å². The maximum atomic E-state index is 11.5. The first-order valence-electron chi connectivity index (χ1n) is 6.99. The predicted octanol–water partition coefficient (Wildman–Crippen LogP) is 2.64. The Morgan fingerprint density at radius 3 is 2.64 bits per heavy atom. The molecule has 1 aliphatic rings. The van der Waals surface area contributed by atoms with Gasteiger partial charge in [-0.2, -0.15) is 0 Å². The van der Waals surface area contributed by atoms with Crippen LogP contribution in [0.1, 0.15) is 12.0 Å². The van der Waals surface area contributed by atoms with Gasteiger partial charge in [-0.3, -0.25) is 4.79 Å². The molecule has 0 spiro atoms. The van der Waals surface area contributed by atoms with Crippen LogP contribution in [0.3, 0.4) is 0 Å². The summed E-state index contributed by atoms with van der Waals surface area (Å²) in [5.74, 6) is -0.0211. The molecule has 1 saturated heterocycles. The molecule has 118 valence electrons. The average molecular weight is 324 g/mol. The topological polar surface area (TPSA) is 64.6 Å². The fourth-order valence-electron chi connectivity index (χ4n) is 2.21. The van der Waals surface area contributed by atoms with Gasteiger partial charge in [0.1, 0.15) is 6.61 Å². The summed E-state index contributed by atoms with van der Waals surface area (Å²) in [6, 6.07) is 9.19. The van der Waals surface area contributed by atoms with Crippen molar-refractivity contribution in [1.29, 1.82) is 0 Å². The van der Waals surface area contributed by atoms with Crippen molar-refractivity contribution in [3.05, 3.63) is 48.0 Å². The van der Waals surface area contributed by atoms with Gasteiger partial charge in [0.2, 0.25) is 5.91 Å². The Morgan fingerprint density at radius 1 is 1.27 bits per heavy atom. The summed E-state index contributed by atoms with van der Waals surface area (Å²) in [7, 11) is 0. The Hall–Kier alpha value is -2.01. The molecule has 5 nitrogen and oxygen atoms in total. The van der Waals surface area contributed by atoms with E-state index >= 15 is 0 Å². The van der Waals surface area contributed by atoms with Crippen molar-refractivity contribution in [2.75, 3.05) is 12.5 Å². The lowest BCUT2D eigenvalue weighted by atomic mass is 9.84. The second-order valence-electron chi connectivity index (χ2n) is 5.05. The van der Waals surface area contributed by atoms with E-state index in [0.717, 1.165) is 11.1 Å². The van der Waals surface area contributed by atoms with E-state index in [0.29, 0.717) is 12.3 Å². The van der Waals surface area contributed by atoms with Gasteiger partial charge in [0, 0.05) is 5.88 Å². The van der Waals surface area contributed by atoms with Gasteiger partial charge in [-0.15, -0.1) is 11.6 Å². The quantitative estimate of drug-likeness (QED) is 0.362. The number of hydrogen-bond acceptors (Lipinski definition) is 4. The molecule has 2 atom stereocenters. The van der Waals surface area contributed by atoms with Crippen molar-refractivity contribution in [2.45, 2.75) is 19.1 Å². The van der Waals surface area contributed by atoms with E-state index in [2.05, 4.69) is 11.9 Å². The normalized spacial score (nSPS) is 19.8. The van der Waals surface area contributed by atoms with E-state index in [-0.39, 0.29) is 31.1 Å². The number of β-lactam (4-membered cyclic amide) rings is 1. The van der Waals surface area contributed by atoms with Crippen molar-refractivity contribution in [2.24, 2.45) is 5.92 Å². The van der Waals surface area contributed by atoms with Crippen LogP contribution in [0.25, 0.3) is 0 Å². The number of benzene rings is 1. The smallest absolute Gasteiger partial charge is 0.434 e. The minimum absolute atomic E-state index is 0.0717. The summed E-state index contributed by atoms with van der Waals surface area (Å²) in [4.78, 5) is 23.0. The van der Waals surface area contributed by atoms with Crippen molar-refractivity contribution in [1.82, 2.24) is 5.32 Å². The second-order valence-corrected chi connectivity index (χ2v) is 5.31. The van der Waals surface area contributed by atoms with E-state index in [1.54, 1.807) is 0 Å². The van der Waals surface area contributed by atoms with Crippen LogP contribution in [0.4, 0.5) is 4.79 Å². The van der Waals surface area contributed by atoms with Crippen molar-refractivity contribution in [3.8, 4) is 0 Å². The second kappa shape index (κ2) is 7.84. The number of alkyl halides is 1. The Labute approximate surface area is 134 Å². The molecule has 0 unspecified atom stereocenters. The van der Waals surface area contributed by atoms with Gasteiger partial charge in [-0.1, -0.05) is 36.9 Å². The minimum Gasteiger partial charge on any atom is -0.434 e. The van der Waals surface area contributed by atoms with Gasteiger partial charge in [0.05, 0.1) is 18.6 Å². The van der Waals surface area contributed by atoms with Gasteiger partial charge in [-0.25, -0.2) is 4.79 Å². The molecule has 1 amide bonds. The van der Waals surface area contributed by atoms with Gasteiger partial charge in [-0.05, 0) is 17.6 Å². The Morgan fingerprint density at radius 2 is 2.00 bits per heavy atom. The minimum atomic E-state index is -0.740. The van der Waals surface area contributed by atoms with Crippen LogP contribution in [0.5, 0.6) is 0 Å². The van der Waals surface area contributed by atoms with Crippen LogP contribution in [0.2, 0.25) is 0 Å². The molecule has 0 aliphatic carbocycles. The van der Waals surface area contributed by atoms with E-state index in [9.17, 15) is 9.59 Å². The predicted molar refractivity (Wildman–Crippen MR) is 82.5 cm³/mol. The number of ether oxygens (including phenoxy) is 2. The summed E-state index contributed by atoms with van der Waals surface area (Å²) in [5.41, 5.74) is 1.65. The van der Waals surface area contributed by atoms with Crippen LogP contribution in [-0.4, -0.2) is 30.6 Å². The van der Waals surface area contributed by atoms with Crippen LogP contribution in [0.15, 0.2) is 42.5 Å². The standard InChI is InChI=1S/C16H18ClNO4/c1-11(9-17)14-13(15(19)18-14)7-8-21-16(20)22-10-12-5-3-2-4-6-12/h2-6,13-14H,1,7-10H2,(H,18,19)/t13-,14+/m0/s1. The van der Waals surface area contributed by atoms with Gasteiger partial charge in [0.15, 0.2) is 0 Å². The summed E-state index contributed by atoms with van der Waals surface area (Å²) in [6.07, 6.45) is -0.316. The molecule has 1 aliphatic heterocycles. The highest BCUT2D eigenvalue weighted by Gasteiger charge is 2.40. The maximum absolute atomic E-state index is 11.5. The zero-order valence-electron chi connectivity index (χ0n) is 12.1. The number of nitrogens with one attached hydrogen (secondary N) is 1. The first kappa shape index (κ1) is 16.4. The summed E-state index contributed by atoms with van der Waals surface area (Å²) in [5, 5.41) is 2.73. The van der Waals surface area contributed by atoms with Gasteiger partial charge >= 0.3 is 6.16 Å². The first-order chi connectivity index (χ1) is 10.6. The highest BCUT2D eigenvalue weighted by Crippen LogP contribution is 2.25. The molecule has 0 radical (unpaired) electrons. The molecule has 1 N–H and O–H groups in total. The number of carbonyl (C=O) groups excluding carboxylic acids is 2. The molecular formula is C16H18ClNO4. The largest absolute Gasteiger partial charge is 0.508 e. The molecule has 1 heterocycles. The monoisotopic (exact) mass is 323 g/mol. The summed E-state index contributed by atoms with van der Waals surface area (Å²) in [6.45, 7) is 4.09. The van der Waals surface area contributed by atoms with Crippen molar-refractivity contribution in [3.63, 3.8) is 0 Å². The summed E-state index contributed by atoms with van der Waals surface area (Å²) < 4.78 is 9.96. The fourth-order valence-corrected chi connectivity index (χ4v) is 2.38. The molecule has 0 aromatic heterocycles. The van der Waals surface area contributed by atoms with Crippen molar-refractivity contribution < 1.29 is 19.1 Å². The van der Waals surface area contributed by atoms with Crippen LogP contribution >= 0.6 is 11.6 Å². The highest BCUT2D eigenvalue weighted by molar-refractivity contribution is 6.19. The molecule has 2 rings (SSSR count). The average Bonchev–Trinajstić information content (AvgIpc) is 2.54. The molecule has 1 fully saturated rings. The van der Waals surface area contributed by atoms with Crippen molar-refractivity contribution >= 4 is 23.7 Å². The third kappa shape index (κ3) is 4.24. The van der Waals surface area contributed by atoms with E-state index in [4.69, 9.17) is 21.1 Å². The number of rotatable bonds is 7. The number of halogens is 1.